The van der Waals surface area contributed by atoms with Crippen molar-refractivity contribution in [2.75, 3.05) is 0 Å². The third kappa shape index (κ3) is 3.58. The zero-order valence-electron chi connectivity index (χ0n) is 12.3. The van der Waals surface area contributed by atoms with E-state index in [9.17, 15) is 0 Å². The molecule has 2 aromatic rings. The van der Waals surface area contributed by atoms with E-state index in [-0.39, 0.29) is 0 Å². The van der Waals surface area contributed by atoms with Gasteiger partial charge in [0.05, 0.1) is 11.0 Å². The van der Waals surface area contributed by atoms with Gasteiger partial charge in [0.1, 0.15) is 5.82 Å². The standard InChI is InChI=1S/C11H14N2.2C2H6/c1-4-13-9(3)12-10-7-8(2)5-6-11(10)13;2*1-2/h5-7H,4H2,1-3H3;2*1-2H3. The van der Waals surface area contributed by atoms with Gasteiger partial charge >= 0.3 is 0 Å². The Morgan fingerprint density at radius 2 is 1.65 bits per heavy atom. The van der Waals surface area contributed by atoms with Gasteiger partial charge in [-0.05, 0) is 38.5 Å². The lowest BCUT2D eigenvalue weighted by Gasteiger charge is -2.01. The molecule has 96 valence electrons. The Morgan fingerprint density at radius 1 is 1.06 bits per heavy atom. The van der Waals surface area contributed by atoms with E-state index in [0.29, 0.717) is 0 Å². The van der Waals surface area contributed by atoms with Crippen molar-refractivity contribution in [1.82, 2.24) is 9.55 Å². The fraction of sp³-hybridized carbons (Fsp3) is 0.533. The van der Waals surface area contributed by atoms with Crippen LogP contribution in [0.4, 0.5) is 0 Å². The van der Waals surface area contributed by atoms with Crippen molar-refractivity contribution in [1.29, 1.82) is 0 Å². The van der Waals surface area contributed by atoms with Crippen LogP contribution in [0.3, 0.4) is 0 Å². The molecule has 0 amide bonds. The number of imidazole rings is 1. The summed E-state index contributed by atoms with van der Waals surface area (Å²) in [5.74, 6) is 1.10. The van der Waals surface area contributed by atoms with Crippen molar-refractivity contribution in [2.24, 2.45) is 0 Å². The van der Waals surface area contributed by atoms with Gasteiger partial charge in [-0.2, -0.15) is 0 Å². The normalized spacial score (nSPS) is 9.12. The molecule has 0 radical (unpaired) electrons. The van der Waals surface area contributed by atoms with Crippen molar-refractivity contribution in [2.45, 2.75) is 55.0 Å². The minimum Gasteiger partial charge on any atom is -0.329 e. The highest BCUT2D eigenvalue weighted by atomic mass is 15.1. The molecule has 0 saturated carbocycles. The Bertz CT molecular complexity index is 441. The summed E-state index contributed by atoms with van der Waals surface area (Å²) in [6.45, 7) is 15.3. The SMILES string of the molecule is CC.CC.CCn1c(C)nc2cc(C)ccc21. The van der Waals surface area contributed by atoms with Crippen LogP contribution in [-0.4, -0.2) is 9.55 Å². The molecule has 0 unspecified atom stereocenters. The number of hydrogen-bond acceptors (Lipinski definition) is 1. The maximum Gasteiger partial charge on any atom is 0.106 e. The molecule has 0 saturated heterocycles. The topological polar surface area (TPSA) is 17.8 Å². The lowest BCUT2D eigenvalue weighted by Crippen LogP contribution is -1.95. The number of aryl methyl sites for hydroxylation is 3. The third-order valence-corrected chi connectivity index (χ3v) is 2.41. The molecule has 1 aromatic carbocycles. The highest BCUT2D eigenvalue weighted by Gasteiger charge is 2.04. The first-order valence-corrected chi connectivity index (χ1v) is 6.66. The van der Waals surface area contributed by atoms with Gasteiger partial charge < -0.3 is 4.57 Å². The van der Waals surface area contributed by atoms with E-state index in [1.54, 1.807) is 0 Å². The minimum atomic E-state index is 0.991. The Labute approximate surface area is 106 Å². The van der Waals surface area contributed by atoms with Gasteiger partial charge in [-0.15, -0.1) is 0 Å². The van der Waals surface area contributed by atoms with Crippen LogP contribution in [-0.2, 0) is 6.54 Å². The van der Waals surface area contributed by atoms with Crippen LogP contribution >= 0.6 is 0 Å². The quantitative estimate of drug-likeness (QED) is 0.697. The number of fused-ring (bicyclic) bond motifs is 1. The second kappa shape index (κ2) is 7.88. The molecule has 0 aliphatic carbocycles. The van der Waals surface area contributed by atoms with E-state index in [0.717, 1.165) is 17.9 Å². The second-order valence-corrected chi connectivity index (χ2v) is 3.40. The zero-order valence-corrected chi connectivity index (χ0v) is 12.3. The van der Waals surface area contributed by atoms with Crippen molar-refractivity contribution in [3.8, 4) is 0 Å². The fourth-order valence-corrected chi connectivity index (χ4v) is 1.76. The van der Waals surface area contributed by atoms with Gasteiger partial charge in [0, 0.05) is 6.54 Å². The van der Waals surface area contributed by atoms with Crippen LogP contribution in [0.25, 0.3) is 11.0 Å². The van der Waals surface area contributed by atoms with E-state index in [4.69, 9.17) is 0 Å². The van der Waals surface area contributed by atoms with E-state index in [1.165, 1.54) is 11.1 Å². The Balaban J connectivity index is 0.000000581. The van der Waals surface area contributed by atoms with Gasteiger partial charge in [0.15, 0.2) is 0 Å². The number of benzene rings is 1. The molecule has 1 heterocycles. The molecule has 0 N–H and O–H groups in total. The molecule has 0 fully saturated rings. The molecule has 0 atom stereocenters. The van der Waals surface area contributed by atoms with Crippen molar-refractivity contribution in [3.63, 3.8) is 0 Å². The molecule has 2 heteroatoms. The molecule has 2 rings (SSSR count). The molecule has 0 aliphatic heterocycles. The number of nitrogens with zero attached hydrogens (tertiary/aromatic N) is 2. The van der Waals surface area contributed by atoms with Gasteiger partial charge in [0.25, 0.3) is 0 Å². The number of rotatable bonds is 1. The van der Waals surface area contributed by atoms with Crippen LogP contribution in [0, 0.1) is 13.8 Å². The van der Waals surface area contributed by atoms with Crippen molar-refractivity contribution < 1.29 is 0 Å². The van der Waals surface area contributed by atoms with E-state index in [1.807, 2.05) is 27.7 Å². The average molecular weight is 234 g/mol. The van der Waals surface area contributed by atoms with Gasteiger partial charge in [0.2, 0.25) is 0 Å². The third-order valence-electron chi connectivity index (χ3n) is 2.41. The summed E-state index contributed by atoms with van der Waals surface area (Å²) in [6, 6.07) is 6.41. The summed E-state index contributed by atoms with van der Waals surface area (Å²) in [5, 5.41) is 0. The monoisotopic (exact) mass is 234 g/mol. The van der Waals surface area contributed by atoms with Crippen LogP contribution in [0.1, 0.15) is 46.0 Å². The highest BCUT2D eigenvalue weighted by molar-refractivity contribution is 5.76. The molecule has 0 bridgehead atoms. The molecule has 1 aromatic heterocycles. The Morgan fingerprint density at radius 3 is 2.18 bits per heavy atom. The van der Waals surface area contributed by atoms with Crippen molar-refractivity contribution in [3.05, 3.63) is 29.6 Å². The molecular weight excluding hydrogens is 208 g/mol. The lowest BCUT2D eigenvalue weighted by atomic mass is 10.2. The van der Waals surface area contributed by atoms with Crippen LogP contribution in [0.2, 0.25) is 0 Å². The zero-order chi connectivity index (χ0) is 13.4. The van der Waals surface area contributed by atoms with E-state index < -0.39 is 0 Å². The lowest BCUT2D eigenvalue weighted by molar-refractivity contribution is 0.753. The maximum atomic E-state index is 4.51. The summed E-state index contributed by atoms with van der Waals surface area (Å²) >= 11 is 0. The van der Waals surface area contributed by atoms with Gasteiger partial charge in [-0.1, -0.05) is 33.8 Å². The summed E-state index contributed by atoms with van der Waals surface area (Å²) < 4.78 is 2.23. The molecular formula is C15H26N2. The molecule has 2 nitrogen and oxygen atoms in total. The maximum absolute atomic E-state index is 4.51. The molecule has 0 spiro atoms. The van der Waals surface area contributed by atoms with Gasteiger partial charge in [-0.25, -0.2) is 4.98 Å². The summed E-state index contributed by atoms with van der Waals surface area (Å²) in [4.78, 5) is 4.51. The number of aromatic nitrogens is 2. The minimum absolute atomic E-state index is 0.991. The van der Waals surface area contributed by atoms with Crippen LogP contribution < -0.4 is 0 Å². The molecule has 0 aliphatic rings. The predicted octanol–water partition coefficient (Wildman–Crippen LogP) is 4.73. The first kappa shape index (κ1) is 15.7. The Kier molecular flexibility index (Phi) is 7.27. The van der Waals surface area contributed by atoms with E-state index in [2.05, 4.69) is 48.5 Å². The number of hydrogen-bond donors (Lipinski definition) is 0. The second-order valence-electron chi connectivity index (χ2n) is 3.40. The van der Waals surface area contributed by atoms with Crippen LogP contribution in [0.15, 0.2) is 18.2 Å². The first-order valence-electron chi connectivity index (χ1n) is 6.66. The largest absolute Gasteiger partial charge is 0.329 e. The predicted molar refractivity (Wildman–Crippen MR) is 77.6 cm³/mol. The first-order chi connectivity index (χ1) is 8.22. The molecule has 17 heavy (non-hydrogen) atoms. The highest BCUT2D eigenvalue weighted by Crippen LogP contribution is 2.16. The summed E-state index contributed by atoms with van der Waals surface area (Å²) in [6.07, 6.45) is 0. The van der Waals surface area contributed by atoms with Gasteiger partial charge in [-0.3, -0.25) is 0 Å². The van der Waals surface area contributed by atoms with Crippen molar-refractivity contribution >= 4 is 11.0 Å². The smallest absolute Gasteiger partial charge is 0.106 e. The average Bonchev–Trinajstić information content (AvgIpc) is 2.68. The Hall–Kier alpha value is -1.31. The summed E-state index contributed by atoms with van der Waals surface area (Å²) in [5.41, 5.74) is 3.62. The summed E-state index contributed by atoms with van der Waals surface area (Å²) in [7, 11) is 0. The van der Waals surface area contributed by atoms with E-state index >= 15 is 0 Å². The van der Waals surface area contributed by atoms with Crippen LogP contribution in [0.5, 0.6) is 0 Å². The fourth-order valence-electron chi connectivity index (χ4n) is 1.76.